The van der Waals surface area contributed by atoms with Crippen molar-refractivity contribution in [3.63, 3.8) is 0 Å². The number of ether oxygens (including phenoxy) is 1. The maximum absolute atomic E-state index is 14.0. The highest BCUT2D eigenvalue weighted by Gasteiger charge is 2.23. The van der Waals surface area contributed by atoms with E-state index < -0.39 is 0 Å². The third-order valence-electron chi connectivity index (χ3n) is 6.60. The predicted octanol–water partition coefficient (Wildman–Crippen LogP) is 7.17. The van der Waals surface area contributed by atoms with Gasteiger partial charge in [0.25, 0.3) is 5.56 Å². The van der Waals surface area contributed by atoms with Crippen molar-refractivity contribution in [2.45, 2.75) is 43.5 Å². The van der Waals surface area contributed by atoms with E-state index in [0.29, 0.717) is 6.61 Å². The number of thiophene rings is 1. The van der Waals surface area contributed by atoms with Crippen molar-refractivity contribution >= 4 is 44.1 Å². The van der Waals surface area contributed by atoms with Gasteiger partial charge in [0.1, 0.15) is 10.6 Å². The SMILES string of the molecule is CCOc1ccc(-n2c(SCc3cccc4ccccc34)nc3sc4c(c3c2=O)CCCC4)cc1. The third-order valence-corrected chi connectivity index (χ3v) is 8.77. The highest BCUT2D eigenvalue weighted by molar-refractivity contribution is 7.98. The number of benzene rings is 3. The van der Waals surface area contributed by atoms with Gasteiger partial charge in [-0.1, -0.05) is 54.2 Å². The van der Waals surface area contributed by atoms with E-state index in [9.17, 15) is 4.79 Å². The lowest BCUT2D eigenvalue weighted by molar-refractivity contribution is 0.340. The molecule has 0 spiro atoms. The number of rotatable bonds is 6. The summed E-state index contributed by atoms with van der Waals surface area (Å²) in [7, 11) is 0. The summed E-state index contributed by atoms with van der Waals surface area (Å²) in [5, 5.41) is 4.01. The molecule has 0 aliphatic heterocycles. The topological polar surface area (TPSA) is 44.1 Å². The van der Waals surface area contributed by atoms with Crippen molar-refractivity contribution in [3.8, 4) is 11.4 Å². The lowest BCUT2D eigenvalue weighted by atomic mass is 9.97. The van der Waals surface area contributed by atoms with Crippen molar-refractivity contribution in [3.05, 3.63) is 93.1 Å². The van der Waals surface area contributed by atoms with E-state index in [1.54, 1.807) is 27.7 Å². The first-order chi connectivity index (χ1) is 17.2. The molecule has 4 nitrogen and oxygen atoms in total. The minimum atomic E-state index is 0.0407. The van der Waals surface area contributed by atoms with Gasteiger partial charge in [-0.25, -0.2) is 4.98 Å². The van der Waals surface area contributed by atoms with Crippen LogP contribution in [0.5, 0.6) is 5.75 Å². The highest BCUT2D eigenvalue weighted by atomic mass is 32.2. The minimum absolute atomic E-state index is 0.0407. The Morgan fingerprint density at radius 1 is 1.00 bits per heavy atom. The van der Waals surface area contributed by atoms with Gasteiger partial charge >= 0.3 is 0 Å². The first-order valence-corrected chi connectivity index (χ1v) is 13.9. The Kier molecular flexibility index (Phi) is 6.08. The molecule has 2 heterocycles. The van der Waals surface area contributed by atoms with E-state index in [2.05, 4.69) is 42.5 Å². The lowest BCUT2D eigenvalue weighted by Gasteiger charge is -2.14. The molecule has 0 N–H and O–H groups in total. The van der Waals surface area contributed by atoms with Crippen LogP contribution in [0.1, 0.15) is 35.8 Å². The fourth-order valence-corrected chi connectivity index (χ4v) is 7.25. The molecule has 0 saturated carbocycles. The zero-order valence-corrected chi connectivity index (χ0v) is 21.3. The number of nitrogens with zero attached hydrogens (tertiary/aromatic N) is 2. The summed E-state index contributed by atoms with van der Waals surface area (Å²) in [6.45, 7) is 2.58. The minimum Gasteiger partial charge on any atom is -0.494 e. The average molecular weight is 499 g/mol. The fourth-order valence-electron chi connectivity index (χ4n) is 4.93. The number of aryl methyl sites for hydroxylation is 2. The summed E-state index contributed by atoms with van der Waals surface area (Å²) >= 11 is 3.33. The third kappa shape index (κ3) is 4.15. The van der Waals surface area contributed by atoms with Crippen LogP contribution in [0.2, 0.25) is 0 Å². The fraction of sp³-hybridized carbons (Fsp3) is 0.241. The Bertz CT molecular complexity index is 1580. The van der Waals surface area contributed by atoms with Crippen LogP contribution in [-0.4, -0.2) is 16.2 Å². The largest absolute Gasteiger partial charge is 0.494 e. The van der Waals surface area contributed by atoms with Crippen molar-refractivity contribution < 1.29 is 4.74 Å². The second-order valence-corrected chi connectivity index (χ2v) is 10.8. The van der Waals surface area contributed by atoms with Crippen molar-refractivity contribution in [2.75, 3.05) is 6.61 Å². The zero-order valence-electron chi connectivity index (χ0n) is 19.6. The predicted molar refractivity (Wildman–Crippen MR) is 147 cm³/mol. The average Bonchev–Trinajstić information content (AvgIpc) is 3.27. The van der Waals surface area contributed by atoms with Crippen molar-refractivity contribution in [2.24, 2.45) is 0 Å². The molecule has 3 aromatic carbocycles. The molecule has 6 heteroatoms. The molecule has 0 saturated heterocycles. The van der Waals surface area contributed by atoms with Crippen LogP contribution in [0.4, 0.5) is 0 Å². The lowest BCUT2D eigenvalue weighted by Crippen LogP contribution is -2.22. The van der Waals surface area contributed by atoms with Crippen molar-refractivity contribution in [1.82, 2.24) is 9.55 Å². The molecular formula is C29H26N2O2S2. The normalized spacial score (nSPS) is 13.3. The maximum Gasteiger partial charge on any atom is 0.267 e. The Labute approximate surface area is 212 Å². The van der Waals surface area contributed by atoms with Crippen LogP contribution in [-0.2, 0) is 18.6 Å². The van der Waals surface area contributed by atoms with E-state index in [1.165, 1.54) is 33.2 Å². The number of fused-ring (bicyclic) bond motifs is 4. The van der Waals surface area contributed by atoms with E-state index in [-0.39, 0.29) is 5.56 Å². The quantitative estimate of drug-likeness (QED) is 0.184. The second kappa shape index (κ2) is 9.51. The monoisotopic (exact) mass is 498 g/mol. The number of hydrogen-bond acceptors (Lipinski definition) is 5. The molecule has 6 rings (SSSR count). The molecule has 0 atom stereocenters. The Morgan fingerprint density at radius 3 is 2.66 bits per heavy atom. The van der Waals surface area contributed by atoms with Crippen LogP contribution in [0.15, 0.2) is 76.7 Å². The number of hydrogen-bond donors (Lipinski definition) is 0. The van der Waals surface area contributed by atoms with Gasteiger partial charge in [-0.15, -0.1) is 11.3 Å². The smallest absolute Gasteiger partial charge is 0.267 e. The summed E-state index contributed by atoms with van der Waals surface area (Å²) in [6.07, 6.45) is 4.35. The summed E-state index contributed by atoms with van der Waals surface area (Å²) in [6, 6.07) is 22.6. The number of thioether (sulfide) groups is 1. The Balaban J connectivity index is 1.47. The van der Waals surface area contributed by atoms with Gasteiger partial charge in [0.05, 0.1) is 17.7 Å². The molecule has 1 aliphatic carbocycles. The summed E-state index contributed by atoms with van der Waals surface area (Å²) in [5.74, 6) is 1.54. The molecule has 35 heavy (non-hydrogen) atoms. The first kappa shape index (κ1) is 22.4. The van der Waals surface area contributed by atoms with E-state index in [1.807, 2.05) is 31.2 Å². The van der Waals surface area contributed by atoms with E-state index in [0.717, 1.165) is 51.8 Å². The zero-order chi connectivity index (χ0) is 23.8. The molecule has 1 aliphatic rings. The van der Waals surface area contributed by atoms with Gasteiger partial charge in [0.15, 0.2) is 5.16 Å². The summed E-state index contributed by atoms with van der Waals surface area (Å²) in [4.78, 5) is 21.3. The molecule has 0 bridgehead atoms. The summed E-state index contributed by atoms with van der Waals surface area (Å²) in [5.41, 5.74) is 3.33. The molecule has 176 valence electrons. The van der Waals surface area contributed by atoms with Crippen LogP contribution in [0.25, 0.3) is 26.7 Å². The van der Waals surface area contributed by atoms with Crippen molar-refractivity contribution in [1.29, 1.82) is 0 Å². The van der Waals surface area contributed by atoms with Crippen LogP contribution in [0.3, 0.4) is 0 Å². The molecular weight excluding hydrogens is 472 g/mol. The molecule has 0 radical (unpaired) electrons. The Morgan fingerprint density at radius 2 is 1.80 bits per heavy atom. The van der Waals surface area contributed by atoms with Gasteiger partial charge in [-0.3, -0.25) is 9.36 Å². The van der Waals surface area contributed by atoms with Gasteiger partial charge < -0.3 is 4.74 Å². The molecule has 0 unspecified atom stereocenters. The van der Waals surface area contributed by atoms with Gasteiger partial charge in [0.2, 0.25) is 0 Å². The standard InChI is InChI=1S/C29H26N2O2S2/c1-2-33-22-16-14-21(15-17-22)31-28(32)26-24-12-5-6-13-25(24)35-27(26)30-29(31)34-18-20-10-7-9-19-8-3-4-11-23(19)20/h3-4,7-11,14-17H,2,5-6,12-13,18H2,1H3. The van der Waals surface area contributed by atoms with Gasteiger partial charge in [0, 0.05) is 10.6 Å². The molecule has 0 fully saturated rings. The second-order valence-electron chi connectivity index (χ2n) is 8.78. The van der Waals surface area contributed by atoms with Crippen LogP contribution in [0, 0.1) is 0 Å². The molecule has 0 amide bonds. The van der Waals surface area contributed by atoms with Crippen LogP contribution >= 0.6 is 23.1 Å². The summed E-state index contributed by atoms with van der Waals surface area (Å²) < 4.78 is 7.43. The van der Waals surface area contributed by atoms with Gasteiger partial charge in [-0.05, 0) is 78.8 Å². The van der Waals surface area contributed by atoms with Gasteiger partial charge in [-0.2, -0.15) is 0 Å². The maximum atomic E-state index is 14.0. The number of aromatic nitrogens is 2. The van der Waals surface area contributed by atoms with E-state index in [4.69, 9.17) is 9.72 Å². The van der Waals surface area contributed by atoms with E-state index >= 15 is 0 Å². The van der Waals surface area contributed by atoms with Crippen LogP contribution < -0.4 is 10.3 Å². The Hall–Kier alpha value is -3.09. The molecule has 5 aromatic rings. The first-order valence-electron chi connectivity index (χ1n) is 12.1. The highest BCUT2D eigenvalue weighted by Crippen LogP contribution is 2.36. The molecule has 2 aromatic heterocycles.